The summed E-state index contributed by atoms with van der Waals surface area (Å²) in [5.41, 5.74) is 1.10. The van der Waals surface area contributed by atoms with E-state index in [1.54, 1.807) is 35.3 Å². The number of hydrogen-bond acceptors (Lipinski definition) is 5. The second-order valence-corrected chi connectivity index (χ2v) is 6.53. The molecule has 1 atom stereocenters. The van der Waals surface area contributed by atoms with E-state index in [1.165, 1.54) is 4.90 Å². The lowest BCUT2D eigenvalue weighted by Gasteiger charge is -2.24. The van der Waals surface area contributed by atoms with E-state index in [0.29, 0.717) is 18.9 Å². The normalized spacial score (nSPS) is 18.1. The second-order valence-electron chi connectivity index (χ2n) is 4.58. The van der Waals surface area contributed by atoms with Crippen LogP contribution in [0.1, 0.15) is 24.3 Å². The summed E-state index contributed by atoms with van der Waals surface area (Å²) < 4.78 is 4.92. The molecule has 0 bridgehead atoms. The molecular formula is C15H19NO3S2. The van der Waals surface area contributed by atoms with Crippen LogP contribution in [0.5, 0.6) is 0 Å². The standard InChI is InChI=1S/C15H19NO3S2/c1-3-19-14(18)8-9-16-13(17)10-21-15(16)11-4-6-12(20-2)7-5-11/h4-7,15H,3,8-10H2,1-2H3. The SMILES string of the molecule is CCOC(=O)CCN1C(=O)CSC1c1ccc(SC)cc1. The van der Waals surface area contributed by atoms with Gasteiger partial charge in [0, 0.05) is 11.4 Å². The molecule has 4 nitrogen and oxygen atoms in total. The van der Waals surface area contributed by atoms with E-state index in [9.17, 15) is 9.59 Å². The largest absolute Gasteiger partial charge is 0.466 e. The van der Waals surface area contributed by atoms with E-state index < -0.39 is 0 Å². The van der Waals surface area contributed by atoms with Crippen molar-refractivity contribution in [1.82, 2.24) is 4.90 Å². The van der Waals surface area contributed by atoms with Gasteiger partial charge in [0.05, 0.1) is 18.8 Å². The lowest BCUT2D eigenvalue weighted by molar-refractivity contribution is -0.143. The smallest absolute Gasteiger partial charge is 0.307 e. The van der Waals surface area contributed by atoms with Gasteiger partial charge in [-0.2, -0.15) is 0 Å². The van der Waals surface area contributed by atoms with Crippen LogP contribution in [0.15, 0.2) is 29.2 Å². The van der Waals surface area contributed by atoms with Crippen LogP contribution in [0.4, 0.5) is 0 Å². The molecule has 1 aliphatic heterocycles. The molecular weight excluding hydrogens is 306 g/mol. The molecule has 21 heavy (non-hydrogen) atoms. The van der Waals surface area contributed by atoms with Gasteiger partial charge in [-0.05, 0) is 30.9 Å². The molecule has 0 N–H and O–H groups in total. The zero-order valence-corrected chi connectivity index (χ0v) is 13.8. The minimum absolute atomic E-state index is 0.00262. The summed E-state index contributed by atoms with van der Waals surface area (Å²) in [6.45, 7) is 2.57. The first-order valence-corrected chi connectivity index (χ1v) is 9.13. The Hall–Kier alpha value is -1.14. The summed E-state index contributed by atoms with van der Waals surface area (Å²) in [5, 5.41) is 0.00262. The van der Waals surface area contributed by atoms with E-state index in [2.05, 4.69) is 24.3 Å². The quantitative estimate of drug-likeness (QED) is 0.594. The van der Waals surface area contributed by atoms with Gasteiger partial charge < -0.3 is 9.64 Å². The molecule has 0 spiro atoms. The Balaban J connectivity index is 2.03. The molecule has 1 saturated heterocycles. The van der Waals surface area contributed by atoms with E-state index in [1.807, 2.05) is 6.26 Å². The molecule has 0 aliphatic carbocycles. The molecule has 1 amide bonds. The number of amides is 1. The molecule has 114 valence electrons. The van der Waals surface area contributed by atoms with Crippen LogP contribution in [0, 0.1) is 0 Å². The molecule has 1 aliphatic rings. The second kappa shape index (κ2) is 7.75. The zero-order chi connectivity index (χ0) is 15.2. The summed E-state index contributed by atoms with van der Waals surface area (Å²) in [5.74, 6) is 0.305. The number of carbonyl (C=O) groups excluding carboxylic acids is 2. The molecule has 1 aromatic rings. The minimum Gasteiger partial charge on any atom is -0.466 e. The molecule has 1 unspecified atom stereocenters. The number of benzene rings is 1. The molecule has 0 radical (unpaired) electrons. The number of nitrogens with zero attached hydrogens (tertiary/aromatic N) is 1. The monoisotopic (exact) mass is 325 g/mol. The molecule has 1 fully saturated rings. The number of hydrogen-bond donors (Lipinski definition) is 0. The van der Waals surface area contributed by atoms with Gasteiger partial charge in [0.25, 0.3) is 0 Å². The van der Waals surface area contributed by atoms with Crippen molar-refractivity contribution >= 4 is 35.4 Å². The average Bonchev–Trinajstić information content (AvgIpc) is 2.86. The Morgan fingerprint density at radius 3 is 2.76 bits per heavy atom. The fourth-order valence-electron chi connectivity index (χ4n) is 2.19. The van der Waals surface area contributed by atoms with Gasteiger partial charge in [-0.1, -0.05) is 12.1 Å². The van der Waals surface area contributed by atoms with Crippen LogP contribution in [0.3, 0.4) is 0 Å². The van der Waals surface area contributed by atoms with Gasteiger partial charge >= 0.3 is 5.97 Å². The van der Waals surface area contributed by atoms with Crippen LogP contribution in [0.2, 0.25) is 0 Å². The van der Waals surface area contributed by atoms with Gasteiger partial charge in [-0.3, -0.25) is 9.59 Å². The Labute approximate surface area is 133 Å². The van der Waals surface area contributed by atoms with Gasteiger partial charge in [0.15, 0.2) is 0 Å². The highest BCUT2D eigenvalue weighted by atomic mass is 32.2. The highest BCUT2D eigenvalue weighted by molar-refractivity contribution is 8.00. The highest BCUT2D eigenvalue weighted by Gasteiger charge is 2.32. The van der Waals surface area contributed by atoms with E-state index >= 15 is 0 Å². The summed E-state index contributed by atoms with van der Waals surface area (Å²) in [6, 6.07) is 8.23. The van der Waals surface area contributed by atoms with Crippen LogP contribution >= 0.6 is 23.5 Å². The maximum atomic E-state index is 12.0. The van der Waals surface area contributed by atoms with Crippen molar-refractivity contribution in [3.8, 4) is 0 Å². The van der Waals surface area contributed by atoms with Crippen LogP contribution in [-0.4, -0.2) is 41.9 Å². The van der Waals surface area contributed by atoms with Crippen molar-refractivity contribution < 1.29 is 14.3 Å². The number of ether oxygens (including phenoxy) is 1. The van der Waals surface area contributed by atoms with Gasteiger partial charge in [0.2, 0.25) is 5.91 Å². The summed E-state index contributed by atoms with van der Waals surface area (Å²) >= 11 is 3.30. The highest BCUT2D eigenvalue weighted by Crippen LogP contribution is 2.39. The van der Waals surface area contributed by atoms with Gasteiger partial charge in [-0.25, -0.2) is 0 Å². The lowest BCUT2D eigenvalue weighted by atomic mass is 10.2. The first-order chi connectivity index (χ1) is 10.2. The maximum Gasteiger partial charge on any atom is 0.307 e. The first-order valence-electron chi connectivity index (χ1n) is 6.86. The summed E-state index contributed by atoms with van der Waals surface area (Å²) in [4.78, 5) is 26.4. The van der Waals surface area contributed by atoms with Gasteiger partial charge in [0.1, 0.15) is 5.37 Å². The number of thioether (sulfide) groups is 2. The fourth-order valence-corrected chi connectivity index (χ4v) is 3.81. The molecule has 1 aromatic carbocycles. The minimum atomic E-state index is -0.251. The summed E-state index contributed by atoms with van der Waals surface area (Å²) in [7, 11) is 0. The molecule has 0 aromatic heterocycles. The Bertz CT molecular complexity index is 504. The molecule has 0 saturated carbocycles. The zero-order valence-electron chi connectivity index (χ0n) is 12.2. The third-order valence-electron chi connectivity index (χ3n) is 3.23. The molecule has 2 rings (SSSR count). The van der Waals surface area contributed by atoms with Crippen LogP contribution in [0.25, 0.3) is 0 Å². The van der Waals surface area contributed by atoms with E-state index in [4.69, 9.17) is 4.74 Å². The topological polar surface area (TPSA) is 46.6 Å². The Morgan fingerprint density at radius 1 is 1.43 bits per heavy atom. The van der Waals surface area contributed by atoms with E-state index in [-0.39, 0.29) is 23.7 Å². The lowest BCUT2D eigenvalue weighted by Crippen LogP contribution is -2.30. The third-order valence-corrected chi connectivity index (χ3v) is 5.23. The molecule has 1 heterocycles. The van der Waals surface area contributed by atoms with Crippen molar-refractivity contribution in [3.63, 3.8) is 0 Å². The van der Waals surface area contributed by atoms with Crippen molar-refractivity contribution in [1.29, 1.82) is 0 Å². The number of rotatable bonds is 6. The fraction of sp³-hybridized carbons (Fsp3) is 0.467. The van der Waals surface area contributed by atoms with Crippen molar-refractivity contribution in [3.05, 3.63) is 29.8 Å². The Kier molecular flexibility index (Phi) is 5.99. The van der Waals surface area contributed by atoms with Crippen LogP contribution < -0.4 is 0 Å². The maximum absolute atomic E-state index is 12.0. The third kappa shape index (κ3) is 4.17. The molecule has 6 heteroatoms. The van der Waals surface area contributed by atoms with E-state index in [0.717, 1.165) is 5.56 Å². The summed E-state index contributed by atoms with van der Waals surface area (Å²) in [6.07, 6.45) is 2.29. The van der Waals surface area contributed by atoms with Crippen molar-refractivity contribution in [2.45, 2.75) is 23.6 Å². The first kappa shape index (κ1) is 16.2. The number of carbonyl (C=O) groups is 2. The van der Waals surface area contributed by atoms with Crippen molar-refractivity contribution in [2.75, 3.05) is 25.2 Å². The van der Waals surface area contributed by atoms with Gasteiger partial charge in [-0.15, -0.1) is 23.5 Å². The number of esters is 1. The predicted octanol–water partition coefficient (Wildman–Crippen LogP) is 2.94. The van der Waals surface area contributed by atoms with Crippen LogP contribution in [-0.2, 0) is 14.3 Å². The van der Waals surface area contributed by atoms with Crippen molar-refractivity contribution in [2.24, 2.45) is 0 Å². The predicted molar refractivity (Wildman–Crippen MR) is 86.4 cm³/mol. The Morgan fingerprint density at radius 2 is 2.14 bits per heavy atom. The average molecular weight is 325 g/mol.